The summed E-state index contributed by atoms with van der Waals surface area (Å²) in [5, 5.41) is 5.88. The first-order valence-electron chi connectivity index (χ1n) is 8.28. The predicted octanol–water partition coefficient (Wildman–Crippen LogP) is 2.54. The second kappa shape index (κ2) is 7.66. The monoisotopic (exact) mass is 320 g/mol. The van der Waals surface area contributed by atoms with Crippen LogP contribution in [0.1, 0.15) is 26.2 Å². The van der Waals surface area contributed by atoms with Gasteiger partial charge in [0.1, 0.15) is 5.75 Å². The van der Waals surface area contributed by atoms with E-state index in [0.717, 1.165) is 30.7 Å². The standard InChI is InChI=1S/C17H24N2O4/c1-2-21-14-6-3-12(4-7-14)18-17(20)19-13-5-8-15-16(11-13)23-10-9-22-15/h3-4,6-7,13,15-16H,2,5,8-11H2,1H3,(H2,18,19,20). The number of amides is 2. The largest absolute Gasteiger partial charge is 0.494 e. The number of anilines is 1. The van der Waals surface area contributed by atoms with Gasteiger partial charge in [-0.1, -0.05) is 0 Å². The summed E-state index contributed by atoms with van der Waals surface area (Å²) >= 11 is 0. The van der Waals surface area contributed by atoms with Crippen molar-refractivity contribution in [2.75, 3.05) is 25.1 Å². The van der Waals surface area contributed by atoms with Crippen LogP contribution in [0, 0.1) is 0 Å². The highest BCUT2D eigenvalue weighted by atomic mass is 16.6. The van der Waals surface area contributed by atoms with Crippen molar-refractivity contribution in [2.24, 2.45) is 0 Å². The molecule has 1 aliphatic carbocycles. The minimum atomic E-state index is -0.186. The summed E-state index contributed by atoms with van der Waals surface area (Å²) in [6.07, 6.45) is 2.95. The lowest BCUT2D eigenvalue weighted by Gasteiger charge is -2.39. The maximum atomic E-state index is 12.1. The van der Waals surface area contributed by atoms with E-state index in [0.29, 0.717) is 19.8 Å². The number of urea groups is 1. The van der Waals surface area contributed by atoms with Crippen LogP contribution >= 0.6 is 0 Å². The van der Waals surface area contributed by atoms with Gasteiger partial charge in [0.05, 0.1) is 32.0 Å². The Kier molecular flexibility index (Phi) is 5.35. The summed E-state index contributed by atoms with van der Waals surface area (Å²) in [7, 11) is 0. The van der Waals surface area contributed by atoms with Gasteiger partial charge in [-0.3, -0.25) is 0 Å². The molecule has 0 bridgehead atoms. The molecular formula is C17H24N2O4. The average molecular weight is 320 g/mol. The first-order valence-corrected chi connectivity index (χ1v) is 8.28. The molecule has 1 saturated heterocycles. The molecule has 23 heavy (non-hydrogen) atoms. The lowest BCUT2D eigenvalue weighted by molar-refractivity contribution is -0.157. The van der Waals surface area contributed by atoms with Crippen molar-refractivity contribution < 1.29 is 19.0 Å². The van der Waals surface area contributed by atoms with Gasteiger partial charge in [0, 0.05) is 11.7 Å². The smallest absolute Gasteiger partial charge is 0.319 e. The molecule has 1 aromatic rings. The average Bonchev–Trinajstić information content (AvgIpc) is 2.57. The molecule has 0 aromatic heterocycles. The fraction of sp³-hybridized carbons (Fsp3) is 0.588. The zero-order valence-electron chi connectivity index (χ0n) is 13.4. The van der Waals surface area contributed by atoms with Crippen LogP contribution in [0.15, 0.2) is 24.3 Å². The molecule has 2 amide bonds. The van der Waals surface area contributed by atoms with E-state index < -0.39 is 0 Å². The molecule has 1 aliphatic heterocycles. The molecule has 3 rings (SSSR count). The van der Waals surface area contributed by atoms with E-state index in [4.69, 9.17) is 14.2 Å². The maximum Gasteiger partial charge on any atom is 0.319 e. The summed E-state index contributed by atoms with van der Waals surface area (Å²) in [6, 6.07) is 7.30. The van der Waals surface area contributed by atoms with Crippen molar-refractivity contribution in [3.63, 3.8) is 0 Å². The highest BCUT2D eigenvalue weighted by molar-refractivity contribution is 5.89. The second-order valence-electron chi connectivity index (χ2n) is 5.88. The molecule has 1 aromatic carbocycles. The molecule has 1 saturated carbocycles. The van der Waals surface area contributed by atoms with Gasteiger partial charge < -0.3 is 24.8 Å². The van der Waals surface area contributed by atoms with Crippen molar-refractivity contribution >= 4 is 11.7 Å². The van der Waals surface area contributed by atoms with Gasteiger partial charge in [-0.2, -0.15) is 0 Å². The van der Waals surface area contributed by atoms with Crippen LogP contribution in [0.3, 0.4) is 0 Å². The Hall–Kier alpha value is -1.79. The Morgan fingerprint density at radius 3 is 2.65 bits per heavy atom. The van der Waals surface area contributed by atoms with Gasteiger partial charge in [0.25, 0.3) is 0 Å². The van der Waals surface area contributed by atoms with Crippen molar-refractivity contribution in [2.45, 2.75) is 44.4 Å². The van der Waals surface area contributed by atoms with Gasteiger partial charge in [-0.05, 0) is 50.5 Å². The van der Waals surface area contributed by atoms with Gasteiger partial charge in [-0.15, -0.1) is 0 Å². The Bertz CT molecular complexity index is 520. The number of nitrogens with one attached hydrogen (secondary N) is 2. The van der Waals surface area contributed by atoms with Crippen molar-refractivity contribution in [1.82, 2.24) is 5.32 Å². The number of hydrogen-bond donors (Lipinski definition) is 2. The quantitative estimate of drug-likeness (QED) is 0.894. The van der Waals surface area contributed by atoms with Crippen LogP contribution in [0.5, 0.6) is 5.75 Å². The second-order valence-corrected chi connectivity index (χ2v) is 5.88. The van der Waals surface area contributed by atoms with Crippen LogP contribution in [0.25, 0.3) is 0 Å². The molecule has 2 aliphatic rings. The number of carbonyl (C=O) groups excluding carboxylic acids is 1. The summed E-state index contributed by atoms with van der Waals surface area (Å²) in [6.45, 7) is 3.89. The van der Waals surface area contributed by atoms with E-state index in [-0.39, 0.29) is 24.3 Å². The Balaban J connectivity index is 1.47. The van der Waals surface area contributed by atoms with E-state index in [1.165, 1.54) is 0 Å². The van der Waals surface area contributed by atoms with Crippen LogP contribution in [-0.4, -0.2) is 44.1 Å². The van der Waals surface area contributed by atoms with Crippen molar-refractivity contribution in [3.05, 3.63) is 24.3 Å². The Morgan fingerprint density at radius 2 is 1.91 bits per heavy atom. The lowest BCUT2D eigenvalue weighted by atomic mass is 9.90. The zero-order chi connectivity index (χ0) is 16.1. The summed E-state index contributed by atoms with van der Waals surface area (Å²) in [5.41, 5.74) is 0.747. The third kappa shape index (κ3) is 4.36. The predicted molar refractivity (Wildman–Crippen MR) is 86.9 cm³/mol. The number of rotatable bonds is 4. The molecule has 126 valence electrons. The molecule has 2 fully saturated rings. The van der Waals surface area contributed by atoms with E-state index in [1.807, 2.05) is 31.2 Å². The van der Waals surface area contributed by atoms with Gasteiger partial charge in [0.2, 0.25) is 0 Å². The van der Waals surface area contributed by atoms with Gasteiger partial charge in [0.15, 0.2) is 0 Å². The van der Waals surface area contributed by atoms with E-state index in [2.05, 4.69) is 10.6 Å². The summed E-state index contributed by atoms with van der Waals surface area (Å²) < 4.78 is 16.8. The number of hydrogen-bond acceptors (Lipinski definition) is 4. The first kappa shape index (κ1) is 16.1. The SMILES string of the molecule is CCOc1ccc(NC(=O)NC2CCC3OCCOC3C2)cc1. The minimum absolute atomic E-state index is 0.105. The van der Waals surface area contributed by atoms with E-state index in [1.54, 1.807) is 0 Å². The number of ether oxygens (including phenoxy) is 3. The first-order chi connectivity index (χ1) is 11.2. The molecule has 6 heteroatoms. The number of fused-ring (bicyclic) bond motifs is 1. The lowest BCUT2D eigenvalue weighted by Crippen LogP contribution is -2.50. The fourth-order valence-electron chi connectivity index (χ4n) is 3.15. The van der Waals surface area contributed by atoms with Crippen LogP contribution in [0.4, 0.5) is 10.5 Å². The normalized spacial score (nSPS) is 26.9. The Morgan fingerprint density at radius 1 is 1.17 bits per heavy atom. The zero-order valence-corrected chi connectivity index (χ0v) is 13.4. The summed E-state index contributed by atoms with van der Waals surface area (Å²) in [4.78, 5) is 12.1. The molecule has 2 N–H and O–H groups in total. The third-order valence-electron chi connectivity index (χ3n) is 4.24. The molecule has 0 spiro atoms. The van der Waals surface area contributed by atoms with Gasteiger partial charge in [-0.25, -0.2) is 4.79 Å². The fourth-order valence-corrected chi connectivity index (χ4v) is 3.15. The number of carbonyl (C=O) groups is 1. The molecule has 1 heterocycles. The minimum Gasteiger partial charge on any atom is -0.494 e. The highest BCUT2D eigenvalue weighted by Crippen LogP contribution is 2.26. The van der Waals surface area contributed by atoms with Crippen molar-refractivity contribution in [1.29, 1.82) is 0 Å². The van der Waals surface area contributed by atoms with Crippen LogP contribution < -0.4 is 15.4 Å². The van der Waals surface area contributed by atoms with Crippen LogP contribution in [0.2, 0.25) is 0 Å². The van der Waals surface area contributed by atoms with E-state index in [9.17, 15) is 4.79 Å². The molecule has 3 atom stereocenters. The van der Waals surface area contributed by atoms with E-state index >= 15 is 0 Å². The van der Waals surface area contributed by atoms with Gasteiger partial charge >= 0.3 is 6.03 Å². The van der Waals surface area contributed by atoms with Crippen molar-refractivity contribution in [3.8, 4) is 5.75 Å². The third-order valence-corrected chi connectivity index (χ3v) is 4.24. The maximum absolute atomic E-state index is 12.1. The Labute approximate surface area is 136 Å². The molecule has 3 unspecified atom stereocenters. The number of benzene rings is 1. The topological polar surface area (TPSA) is 68.8 Å². The highest BCUT2D eigenvalue weighted by Gasteiger charge is 2.34. The molecule has 6 nitrogen and oxygen atoms in total. The van der Waals surface area contributed by atoms with Crippen LogP contribution in [-0.2, 0) is 9.47 Å². The molecular weight excluding hydrogens is 296 g/mol. The summed E-state index contributed by atoms with van der Waals surface area (Å²) in [5.74, 6) is 0.797. The molecule has 0 radical (unpaired) electrons.